The number of benzene rings is 2. The summed E-state index contributed by atoms with van der Waals surface area (Å²) >= 11 is 3.50. The molecule has 0 radical (unpaired) electrons. The Morgan fingerprint density at radius 2 is 1.89 bits per heavy atom. The molecule has 0 bridgehead atoms. The second-order valence-electron chi connectivity index (χ2n) is 5.98. The first-order valence-corrected chi connectivity index (χ1v) is 9.15. The maximum Gasteiger partial charge on any atom is 0.161 e. The lowest BCUT2D eigenvalue weighted by atomic mass is 10.2. The van der Waals surface area contributed by atoms with E-state index in [9.17, 15) is 0 Å². The Kier molecular flexibility index (Phi) is 7.45. The molecule has 0 spiro atoms. The maximum atomic E-state index is 5.36. The molecule has 0 aliphatic carbocycles. The van der Waals surface area contributed by atoms with Gasteiger partial charge in [0, 0.05) is 16.6 Å². The number of halogens is 1. The lowest BCUT2D eigenvalue weighted by Gasteiger charge is -2.13. The number of nitrogens with zero attached hydrogens (tertiary/aromatic N) is 1. The van der Waals surface area contributed by atoms with Crippen LogP contribution in [0, 0.1) is 0 Å². The van der Waals surface area contributed by atoms with Crippen LogP contribution in [0.3, 0.4) is 0 Å². The molecule has 5 nitrogen and oxygen atoms in total. The van der Waals surface area contributed by atoms with Crippen LogP contribution in [0.5, 0.6) is 11.5 Å². The van der Waals surface area contributed by atoms with E-state index in [1.807, 2.05) is 36.5 Å². The first kappa shape index (κ1) is 21.0. The van der Waals surface area contributed by atoms with Crippen LogP contribution < -0.4 is 14.8 Å². The molecule has 1 unspecified atom stereocenters. The van der Waals surface area contributed by atoms with E-state index < -0.39 is 0 Å². The van der Waals surface area contributed by atoms with Gasteiger partial charge in [0.05, 0.1) is 32.2 Å². The molecule has 1 atom stereocenters. The Labute approximate surface area is 169 Å². The van der Waals surface area contributed by atoms with E-state index in [1.165, 1.54) is 0 Å². The van der Waals surface area contributed by atoms with Crippen molar-refractivity contribution in [1.82, 2.24) is 15.3 Å². The third-order valence-electron chi connectivity index (χ3n) is 4.20. The summed E-state index contributed by atoms with van der Waals surface area (Å²) in [6.45, 7) is 2.79. The zero-order chi connectivity index (χ0) is 18.5. The zero-order valence-electron chi connectivity index (χ0n) is 15.0. The van der Waals surface area contributed by atoms with Gasteiger partial charge in [-0.2, -0.15) is 0 Å². The summed E-state index contributed by atoms with van der Waals surface area (Å²) in [4.78, 5) is 7.91. The predicted octanol–water partition coefficient (Wildman–Crippen LogP) is 5.34. The topological polar surface area (TPSA) is 59.2 Å². The minimum Gasteiger partial charge on any atom is -0.493 e. The van der Waals surface area contributed by atoms with Crippen molar-refractivity contribution in [3.8, 4) is 22.8 Å². The summed E-state index contributed by atoms with van der Waals surface area (Å²) in [6.07, 6.45) is 1.87. The van der Waals surface area contributed by atoms with Crippen molar-refractivity contribution in [3.63, 3.8) is 0 Å². The van der Waals surface area contributed by atoms with Gasteiger partial charge in [0.2, 0.25) is 0 Å². The van der Waals surface area contributed by atoms with Crippen LogP contribution in [0.25, 0.3) is 11.3 Å². The van der Waals surface area contributed by atoms with Crippen LogP contribution in [-0.4, -0.2) is 24.2 Å². The van der Waals surface area contributed by atoms with Gasteiger partial charge in [-0.15, -0.1) is 0 Å². The molecule has 0 aliphatic rings. The highest BCUT2D eigenvalue weighted by Gasteiger charge is 2.11. The van der Waals surface area contributed by atoms with Gasteiger partial charge in [-0.3, -0.25) is 0 Å². The fourth-order valence-corrected chi connectivity index (χ4v) is 3.12. The number of rotatable bonds is 7. The van der Waals surface area contributed by atoms with Gasteiger partial charge in [0.1, 0.15) is 5.82 Å². The highest BCUT2D eigenvalue weighted by atomic mass is 79.9. The van der Waals surface area contributed by atoms with Crippen molar-refractivity contribution in [1.29, 1.82) is 0 Å². The third-order valence-corrected chi connectivity index (χ3v) is 4.69. The molecule has 3 rings (SSSR count). The SMILES string of the molecule is C.COc1ccc(CNC(C)c2ncc(-c3cccc(Br)c3)[nH]2)cc1OC. The monoisotopic (exact) mass is 431 g/mol. The first-order chi connectivity index (χ1) is 12.6. The van der Waals surface area contributed by atoms with Crippen LogP contribution in [0.1, 0.15) is 31.8 Å². The van der Waals surface area contributed by atoms with Gasteiger partial charge in [-0.1, -0.05) is 41.6 Å². The highest BCUT2D eigenvalue weighted by Crippen LogP contribution is 2.28. The molecule has 3 aromatic rings. The summed E-state index contributed by atoms with van der Waals surface area (Å²) in [7, 11) is 3.28. The number of imidazole rings is 1. The van der Waals surface area contributed by atoms with E-state index in [0.29, 0.717) is 6.54 Å². The van der Waals surface area contributed by atoms with E-state index in [-0.39, 0.29) is 13.5 Å². The van der Waals surface area contributed by atoms with Crippen molar-refractivity contribution in [2.75, 3.05) is 14.2 Å². The van der Waals surface area contributed by atoms with Crippen LogP contribution in [0.4, 0.5) is 0 Å². The first-order valence-electron chi connectivity index (χ1n) is 8.36. The average Bonchev–Trinajstić information content (AvgIpc) is 3.16. The predicted molar refractivity (Wildman–Crippen MR) is 113 cm³/mol. The lowest BCUT2D eigenvalue weighted by Crippen LogP contribution is -2.19. The zero-order valence-corrected chi connectivity index (χ0v) is 16.6. The molecule has 1 heterocycles. The Balaban J connectivity index is 0.00000261. The fraction of sp³-hybridized carbons (Fsp3) is 0.286. The number of methoxy groups -OCH3 is 2. The molecule has 0 fully saturated rings. The van der Waals surface area contributed by atoms with E-state index in [1.54, 1.807) is 14.2 Å². The number of nitrogens with one attached hydrogen (secondary N) is 2. The molecule has 27 heavy (non-hydrogen) atoms. The third kappa shape index (κ3) is 5.11. The summed E-state index contributed by atoms with van der Waals surface area (Å²) in [5, 5.41) is 3.48. The smallest absolute Gasteiger partial charge is 0.161 e. The number of hydrogen-bond donors (Lipinski definition) is 2. The molecule has 2 aromatic carbocycles. The fourth-order valence-electron chi connectivity index (χ4n) is 2.72. The standard InChI is InChI=1S/C20H22BrN3O2.CH4/c1-13(22-11-14-7-8-18(25-2)19(9-14)26-3)20-23-12-17(24-20)15-5-4-6-16(21)10-15;/h4-10,12-13,22H,11H2,1-3H3,(H,23,24);1H4. The average molecular weight is 432 g/mol. The molecule has 1 aromatic heterocycles. The number of aromatic nitrogens is 2. The number of aromatic amines is 1. The molecule has 0 saturated carbocycles. The number of ether oxygens (including phenoxy) is 2. The molecule has 0 aliphatic heterocycles. The molecule has 2 N–H and O–H groups in total. The molecule has 6 heteroatoms. The van der Waals surface area contributed by atoms with Gasteiger partial charge in [0.25, 0.3) is 0 Å². The minimum absolute atomic E-state index is 0. The molecule has 0 amide bonds. The second-order valence-corrected chi connectivity index (χ2v) is 6.90. The molecule has 144 valence electrons. The van der Waals surface area contributed by atoms with Gasteiger partial charge < -0.3 is 19.8 Å². The molecular weight excluding hydrogens is 406 g/mol. The van der Waals surface area contributed by atoms with Crippen LogP contribution >= 0.6 is 15.9 Å². The Morgan fingerprint density at radius 3 is 2.59 bits per heavy atom. The van der Waals surface area contributed by atoms with E-state index >= 15 is 0 Å². The Bertz CT molecular complexity index is 879. The highest BCUT2D eigenvalue weighted by molar-refractivity contribution is 9.10. The van der Waals surface area contributed by atoms with Crippen molar-refractivity contribution in [3.05, 3.63) is 64.5 Å². The van der Waals surface area contributed by atoms with Crippen LogP contribution in [-0.2, 0) is 6.54 Å². The van der Waals surface area contributed by atoms with E-state index in [2.05, 4.69) is 50.3 Å². The lowest BCUT2D eigenvalue weighted by molar-refractivity contribution is 0.354. The second kappa shape index (κ2) is 9.58. The molecule has 0 saturated heterocycles. The molecular formula is C21H26BrN3O2. The van der Waals surface area contributed by atoms with E-state index in [0.717, 1.165) is 38.6 Å². The quantitative estimate of drug-likeness (QED) is 0.529. The minimum atomic E-state index is 0. The van der Waals surface area contributed by atoms with Crippen molar-refractivity contribution < 1.29 is 9.47 Å². The van der Waals surface area contributed by atoms with Crippen molar-refractivity contribution in [2.45, 2.75) is 26.9 Å². The van der Waals surface area contributed by atoms with Gasteiger partial charge in [-0.25, -0.2) is 4.98 Å². The van der Waals surface area contributed by atoms with Gasteiger partial charge >= 0.3 is 0 Å². The number of H-pyrrole nitrogens is 1. The van der Waals surface area contributed by atoms with Crippen LogP contribution in [0.15, 0.2) is 53.1 Å². The summed E-state index contributed by atoms with van der Waals surface area (Å²) in [5.41, 5.74) is 3.22. The summed E-state index contributed by atoms with van der Waals surface area (Å²) in [6, 6.07) is 14.2. The summed E-state index contributed by atoms with van der Waals surface area (Å²) in [5.74, 6) is 2.36. The van der Waals surface area contributed by atoms with Crippen molar-refractivity contribution >= 4 is 15.9 Å². The largest absolute Gasteiger partial charge is 0.493 e. The number of hydrogen-bond acceptors (Lipinski definition) is 4. The van der Waals surface area contributed by atoms with Crippen molar-refractivity contribution in [2.24, 2.45) is 0 Å². The normalized spacial score (nSPS) is 11.6. The Hall–Kier alpha value is -2.31. The maximum absolute atomic E-state index is 5.36. The van der Waals surface area contributed by atoms with Gasteiger partial charge in [-0.05, 0) is 36.8 Å². The van der Waals surface area contributed by atoms with Crippen LogP contribution in [0.2, 0.25) is 0 Å². The van der Waals surface area contributed by atoms with Gasteiger partial charge in [0.15, 0.2) is 11.5 Å². The Morgan fingerprint density at radius 1 is 1.11 bits per heavy atom. The van der Waals surface area contributed by atoms with E-state index in [4.69, 9.17) is 9.47 Å². The summed E-state index contributed by atoms with van der Waals surface area (Å²) < 4.78 is 11.7.